The van der Waals surface area contributed by atoms with E-state index in [0.29, 0.717) is 6.54 Å². The number of rotatable bonds is 3. The van der Waals surface area contributed by atoms with Crippen LogP contribution < -0.4 is 11.1 Å². The molecule has 2 aromatic carbocycles. The minimum atomic E-state index is -0.380. The molecule has 0 radical (unpaired) electrons. The van der Waals surface area contributed by atoms with Crippen LogP contribution >= 0.6 is 0 Å². The number of amides is 1. The fraction of sp³-hybridized carbons (Fsp3) is 0.312. The van der Waals surface area contributed by atoms with Crippen molar-refractivity contribution in [2.24, 2.45) is 5.73 Å². The van der Waals surface area contributed by atoms with E-state index in [1.165, 1.54) is 0 Å². The zero-order valence-corrected chi connectivity index (χ0v) is 11.2. The van der Waals surface area contributed by atoms with Crippen LogP contribution in [0.25, 0.3) is 10.8 Å². The maximum atomic E-state index is 12.1. The first-order valence-electron chi connectivity index (χ1n) is 6.91. The van der Waals surface area contributed by atoms with E-state index in [1.807, 2.05) is 42.5 Å². The molecule has 3 N–H and O–H groups in total. The second-order valence-electron chi connectivity index (χ2n) is 5.11. The lowest BCUT2D eigenvalue weighted by Crippen LogP contribution is -2.29. The van der Waals surface area contributed by atoms with E-state index in [9.17, 15) is 4.79 Å². The highest BCUT2D eigenvalue weighted by Crippen LogP contribution is 2.22. The predicted molar refractivity (Wildman–Crippen MR) is 79.5 cm³/mol. The fourth-order valence-corrected chi connectivity index (χ4v) is 2.56. The summed E-state index contributed by atoms with van der Waals surface area (Å²) in [4.78, 5) is 12.1. The third-order valence-electron chi connectivity index (χ3n) is 3.68. The summed E-state index contributed by atoms with van der Waals surface area (Å²) in [6.45, 7) is 0.472. The van der Waals surface area contributed by atoms with Gasteiger partial charge in [0.1, 0.15) is 6.10 Å². The average Bonchev–Trinajstić information content (AvgIpc) is 2.96. The number of carbonyl (C=O) groups excluding carboxylic acids is 1. The molecular formula is C16H18N2O2. The van der Waals surface area contributed by atoms with Gasteiger partial charge in [-0.25, -0.2) is 0 Å². The number of fused-ring (bicyclic) bond motifs is 1. The molecule has 104 valence electrons. The maximum Gasteiger partial charge on any atom is 0.253 e. The Bertz CT molecular complexity index is 627. The zero-order chi connectivity index (χ0) is 13.9. The SMILES string of the molecule is NCC1CCC(C(=O)Nc2ccc3ccccc3c2)O1. The highest BCUT2D eigenvalue weighted by atomic mass is 16.5. The summed E-state index contributed by atoms with van der Waals surface area (Å²) in [6.07, 6.45) is 1.23. The van der Waals surface area contributed by atoms with E-state index in [4.69, 9.17) is 10.5 Å². The topological polar surface area (TPSA) is 64.4 Å². The van der Waals surface area contributed by atoms with Gasteiger partial charge in [-0.2, -0.15) is 0 Å². The minimum absolute atomic E-state index is 0.0161. The van der Waals surface area contributed by atoms with Crippen LogP contribution in [0.1, 0.15) is 12.8 Å². The summed E-state index contributed by atoms with van der Waals surface area (Å²) in [7, 11) is 0. The van der Waals surface area contributed by atoms with Crippen molar-refractivity contribution in [2.75, 3.05) is 11.9 Å². The Labute approximate surface area is 117 Å². The molecule has 1 aliphatic rings. The monoisotopic (exact) mass is 270 g/mol. The first kappa shape index (κ1) is 13.1. The molecule has 0 saturated carbocycles. The Hall–Kier alpha value is -1.91. The normalized spacial score (nSPS) is 22.1. The Morgan fingerprint density at radius 1 is 1.20 bits per heavy atom. The molecule has 2 aromatic rings. The number of nitrogens with one attached hydrogen (secondary N) is 1. The molecule has 1 saturated heterocycles. The van der Waals surface area contributed by atoms with Gasteiger partial charge in [0.2, 0.25) is 0 Å². The van der Waals surface area contributed by atoms with E-state index in [-0.39, 0.29) is 18.1 Å². The number of nitrogens with two attached hydrogens (primary N) is 1. The average molecular weight is 270 g/mol. The summed E-state index contributed by atoms with van der Waals surface area (Å²) >= 11 is 0. The van der Waals surface area contributed by atoms with Crippen molar-refractivity contribution in [1.29, 1.82) is 0 Å². The Balaban J connectivity index is 1.71. The van der Waals surface area contributed by atoms with Crippen molar-refractivity contribution in [3.8, 4) is 0 Å². The lowest BCUT2D eigenvalue weighted by molar-refractivity contribution is -0.126. The quantitative estimate of drug-likeness (QED) is 0.899. The van der Waals surface area contributed by atoms with Crippen LogP contribution in [0, 0.1) is 0 Å². The summed E-state index contributed by atoms with van der Waals surface area (Å²) in [6, 6.07) is 14.0. The largest absolute Gasteiger partial charge is 0.364 e. The van der Waals surface area contributed by atoms with E-state index >= 15 is 0 Å². The van der Waals surface area contributed by atoms with Crippen molar-refractivity contribution >= 4 is 22.4 Å². The molecule has 1 amide bonds. The Morgan fingerprint density at radius 3 is 2.75 bits per heavy atom. The smallest absolute Gasteiger partial charge is 0.253 e. The fourth-order valence-electron chi connectivity index (χ4n) is 2.56. The van der Waals surface area contributed by atoms with Crippen molar-refractivity contribution in [2.45, 2.75) is 25.0 Å². The third-order valence-corrected chi connectivity index (χ3v) is 3.68. The molecular weight excluding hydrogens is 252 g/mol. The highest BCUT2D eigenvalue weighted by Gasteiger charge is 2.29. The minimum Gasteiger partial charge on any atom is -0.364 e. The summed E-state index contributed by atoms with van der Waals surface area (Å²) < 4.78 is 5.60. The number of anilines is 1. The molecule has 0 aromatic heterocycles. The molecule has 0 aliphatic carbocycles. The van der Waals surface area contributed by atoms with Gasteiger partial charge >= 0.3 is 0 Å². The van der Waals surface area contributed by atoms with Crippen LogP contribution in [-0.2, 0) is 9.53 Å². The first-order valence-corrected chi connectivity index (χ1v) is 6.91. The molecule has 1 aliphatic heterocycles. The van der Waals surface area contributed by atoms with Crippen molar-refractivity contribution in [3.63, 3.8) is 0 Å². The first-order chi connectivity index (χ1) is 9.76. The van der Waals surface area contributed by atoms with Gasteiger partial charge < -0.3 is 15.8 Å². The molecule has 3 rings (SSSR count). The molecule has 1 fully saturated rings. The number of benzene rings is 2. The van der Waals surface area contributed by atoms with Crippen LogP contribution in [0.3, 0.4) is 0 Å². The standard InChI is InChI=1S/C16H18N2O2/c17-10-14-7-8-15(20-14)16(19)18-13-6-5-11-3-1-2-4-12(11)9-13/h1-6,9,14-15H,7-8,10,17H2,(H,18,19). The van der Waals surface area contributed by atoms with Crippen LogP contribution in [-0.4, -0.2) is 24.7 Å². The van der Waals surface area contributed by atoms with Gasteiger partial charge in [0.25, 0.3) is 5.91 Å². The molecule has 20 heavy (non-hydrogen) atoms. The van der Waals surface area contributed by atoms with Crippen molar-refractivity contribution in [3.05, 3.63) is 42.5 Å². The van der Waals surface area contributed by atoms with Crippen LogP contribution in [0.4, 0.5) is 5.69 Å². The second kappa shape index (κ2) is 5.61. The number of hydrogen-bond donors (Lipinski definition) is 2. The third kappa shape index (κ3) is 2.66. The Kier molecular flexibility index (Phi) is 3.67. The van der Waals surface area contributed by atoms with E-state index in [2.05, 4.69) is 5.32 Å². The molecule has 0 bridgehead atoms. The van der Waals surface area contributed by atoms with Gasteiger partial charge in [-0.05, 0) is 35.7 Å². The molecule has 1 heterocycles. The van der Waals surface area contributed by atoms with Gasteiger partial charge in [-0.15, -0.1) is 0 Å². The van der Waals surface area contributed by atoms with Gasteiger partial charge in [-0.3, -0.25) is 4.79 Å². The van der Waals surface area contributed by atoms with Gasteiger partial charge in [0, 0.05) is 12.2 Å². The van der Waals surface area contributed by atoms with Crippen LogP contribution in [0.15, 0.2) is 42.5 Å². The molecule has 4 nitrogen and oxygen atoms in total. The number of hydrogen-bond acceptors (Lipinski definition) is 3. The Morgan fingerprint density at radius 2 is 2.00 bits per heavy atom. The predicted octanol–water partition coefficient (Wildman–Crippen LogP) is 2.28. The highest BCUT2D eigenvalue weighted by molar-refractivity contribution is 5.96. The molecule has 2 unspecified atom stereocenters. The molecule has 0 spiro atoms. The molecule has 2 atom stereocenters. The maximum absolute atomic E-state index is 12.1. The second-order valence-corrected chi connectivity index (χ2v) is 5.11. The number of ether oxygens (including phenoxy) is 1. The zero-order valence-electron chi connectivity index (χ0n) is 11.2. The van der Waals surface area contributed by atoms with Crippen molar-refractivity contribution < 1.29 is 9.53 Å². The van der Waals surface area contributed by atoms with Crippen LogP contribution in [0.2, 0.25) is 0 Å². The summed E-state index contributed by atoms with van der Waals surface area (Å²) in [5, 5.41) is 5.18. The lowest BCUT2D eigenvalue weighted by Gasteiger charge is -2.13. The van der Waals surface area contributed by atoms with Gasteiger partial charge in [0.15, 0.2) is 0 Å². The lowest BCUT2D eigenvalue weighted by atomic mass is 10.1. The van der Waals surface area contributed by atoms with E-state index < -0.39 is 0 Å². The van der Waals surface area contributed by atoms with Gasteiger partial charge in [-0.1, -0.05) is 30.3 Å². The van der Waals surface area contributed by atoms with Gasteiger partial charge in [0.05, 0.1) is 6.10 Å². The molecule has 4 heteroatoms. The van der Waals surface area contributed by atoms with Crippen molar-refractivity contribution in [1.82, 2.24) is 0 Å². The summed E-state index contributed by atoms with van der Waals surface area (Å²) in [5.41, 5.74) is 6.35. The summed E-state index contributed by atoms with van der Waals surface area (Å²) in [5.74, 6) is -0.0868. The number of carbonyl (C=O) groups is 1. The van der Waals surface area contributed by atoms with E-state index in [0.717, 1.165) is 29.3 Å². The van der Waals surface area contributed by atoms with Crippen LogP contribution in [0.5, 0.6) is 0 Å². The van der Waals surface area contributed by atoms with E-state index in [1.54, 1.807) is 0 Å².